The summed E-state index contributed by atoms with van der Waals surface area (Å²) in [5.41, 5.74) is 0. The van der Waals surface area contributed by atoms with Crippen LogP contribution in [0.3, 0.4) is 0 Å². The first-order valence-corrected chi connectivity index (χ1v) is 4.37. The van der Waals surface area contributed by atoms with Gasteiger partial charge in [-0.25, -0.2) is 12.8 Å². The standard InChI is InChI=1S/C4H9F2NO2S/c1-2-7(6)10(8,9)4-3-5/h2-4H2,1H3. The second-order valence-electron chi connectivity index (χ2n) is 1.61. The summed E-state index contributed by atoms with van der Waals surface area (Å²) in [6.45, 7) is 0.000861. The summed E-state index contributed by atoms with van der Waals surface area (Å²) in [7, 11) is -3.97. The maximum Gasteiger partial charge on any atom is 0.242 e. The van der Waals surface area contributed by atoms with E-state index in [0.29, 0.717) is 0 Å². The fraction of sp³-hybridized carbons (Fsp3) is 1.00. The van der Waals surface area contributed by atoms with E-state index < -0.39 is 22.5 Å². The predicted octanol–water partition coefficient (Wildman–Crippen LogP) is 0.492. The molecule has 0 heterocycles. The molecule has 0 fully saturated rings. The van der Waals surface area contributed by atoms with Crippen LogP contribution in [0.25, 0.3) is 0 Å². The van der Waals surface area contributed by atoms with E-state index in [-0.39, 0.29) is 11.1 Å². The minimum Gasteiger partial charge on any atom is -0.250 e. The van der Waals surface area contributed by atoms with Crippen molar-refractivity contribution in [1.29, 1.82) is 0 Å². The van der Waals surface area contributed by atoms with Gasteiger partial charge in [0.25, 0.3) is 0 Å². The molecule has 0 aromatic heterocycles. The van der Waals surface area contributed by atoms with Crippen LogP contribution < -0.4 is 0 Å². The lowest BCUT2D eigenvalue weighted by molar-refractivity contribution is 0.147. The Hall–Kier alpha value is -0.230. The zero-order chi connectivity index (χ0) is 8.20. The third-order valence-electron chi connectivity index (χ3n) is 0.886. The van der Waals surface area contributed by atoms with Crippen LogP contribution in [0, 0.1) is 0 Å². The maximum atomic E-state index is 12.2. The molecule has 0 saturated heterocycles. The molecular formula is C4H9F2NO2S. The summed E-state index contributed by atoms with van der Waals surface area (Å²) in [4.78, 5) is 0. The van der Waals surface area contributed by atoms with Crippen LogP contribution in [0.4, 0.5) is 8.87 Å². The van der Waals surface area contributed by atoms with Crippen LogP contribution in [0.5, 0.6) is 0 Å². The van der Waals surface area contributed by atoms with Crippen molar-refractivity contribution in [1.82, 2.24) is 4.53 Å². The molecule has 62 valence electrons. The van der Waals surface area contributed by atoms with Crippen molar-refractivity contribution in [3.8, 4) is 0 Å². The van der Waals surface area contributed by atoms with Gasteiger partial charge in [0.1, 0.15) is 6.67 Å². The highest BCUT2D eigenvalue weighted by Crippen LogP contribution is 2.00. The van der Waals surface area contributed by atoms with Gasteiger partial charge in [0, 0.05) is 6.54 Å². The van der Waals surface area contributed by atoms with Crippen LogP contribution in [0.15, 0.2) is 0 Å². The van der Waals surface area contributed by atoms with Gasteiger partial charge in [-0.2, -0.15) is 0 Å². The van der Waals surface area contributed by atoms with Gasteiger partial charge in [0.05, 0.1) is 5.75 Å². The smallest absolute Gasteiger partial charge is 0.242 e. The summed E-state index contributed by atoms with van der Waals surface area (Å²) in [6, 6.07) is 0. The molecule has 0 atom stereocenters. The SMILES string of the molecule is CCN(F)S(=O)(=O)CCF. The topological polar surface area (TPSA) is 37.4 Å². The van der Waals surface area contributed by atoms with E-state index in [1.165, 1.54) is 6.92 Å². The van der Waals surface area contributed by atoms with Crippen LogP contribution in [-0.2, 0) is 10.0 Å². The summed E-state index contributed by atoms with van der Waals surface area (Å²) < 4.78 is 44.2. The molecule has 0 aromatic carbocycles. The molecule has 0 rings (SSSR count). The molecule has 10 heavy (non-hydrogen) atoms. The molecule has 0 bridgehead atoms. The third-order valence-corrected chi connectivity index (χ3v) is 2.42. The number of rotatable bonds is 4. The summed E-state index contributed by atoms with van der Waals surface area (Å²) in [5, 5.41) is 0. The van der Waals surface area contributed by atoms with Gasteiger partial charge in [0.15, 0.2) is 0 Å². The van der Waals surface area contributed by atoms with Crippen LogP contribution in [0.1, 0.15) is 6.92 Å². The number of nitrogens with zero attached hydrogens (tertiary/aromatic N) is 1. The number of halogens is 2. The van der Waals surface area contributed by atoms with E-state index in [9.17, 15) is 17.3 Å². The Morgan fingerprint density at radius 2 is 2.00 bits per heavy atom. The van der Waals surface area contributed by atoms with Gasteiger partial charge < -0.3 is 0 Å². The average molecular weight is 173 g/mol. The Morgan fingerprint density at radius 1 is 1.50 bits per heavy atom. The van der Waals surface area contributed by atoms with Gasteiger partial charge in [0.2, 0.25) is 10.0 Å². The number of hydrogen-bond acceptors (Lipinski definition) is 2. The first-order chi connectivity index (χ1) is 4.54. The molecule has 0 N–H and O–H groups in total. The fourth-order valence-electron chi connectivity index (χ4n) is 0.393. The highest BCUT2D eigenvalue weighted by Gasteiger charge is 2.18. The lowest BCUT2D eigenvalue weighted by Crippen LogP contribution is -2.26. The highest BCUT2D eigenvalue weighted by molar-refractivity contribution is 7.88. The van der Waals surface area contributed by atoms with Gasteiger partial charge in [-0.15, -0.1) is 4.48 Å². The van der Waals surface area contributed by atoms with E-state index in [1.807, 2.05) is 0 Å². The summed E-state index contributed by atoms with van der Waals surface area (Å²) in [6.07, 6.45) is 0. The molecule has 3 nitrogen and oxygen atoms in total. The van der Waals surface area contributed by atoms with Crippen molar-refractivity contribution in [2.75, 3.05) is 19.0 Å². The average Bonchev–Trinajstić information content (AvgIpc) is 1.86. The summed E-state index contributed by atoms with van der Waals surface area (Å²) in [5.74, 6) is -0.780. The predicted molar refractivity (Wildman–Crippen MR) is 33.2 cm³/mol. The molecular weight excluding hydrogens is 164 g/mol. The number of alkyl halides is 1. The second-order valence-corrected chi connectivity index (χ2v) is 3.58. The Morgan fingerprint density at radius 3 is 2.30 bits per heavy atom. The first kappa shape index (κ1) is 9.77. The molecule has 0 aromatic rings. The molecule has 0 unspecified atom stereocenters. The Balaban J connectivity index is 4.12. The molecule has 0 saturated carbocycles. The van der Waals surface area contributed by atoms with Gasteiger partial charge in [-0.1, -0.05) is 0 Å². The normalized spacial score (nSPS) is 12.4. The van der Waals surface area contributed by atoms with Crippen molar-refractivity contribution in [3.05, 3.63) is 0 Å². The Labute approximate surface area is 58.6 Å². The summed E-state index contributed by atoms with van der Waals surface area (Å²) >= 11 is 0. The maximum absolute atomic E-state index is 12.2. The highest BCUT2D eigenvalue weighted by atomic mass is 32.2. The van der Waals surface area contributed by atoms with Crippen molar-refractivity contribution >= 4 is 10.0 Å². The van der Waals surface area contributed by atoms with Crippen molar-refractivity contribution in [2.45, 2.75) is 6.92 Å². The quantitative estimate of drug-likeness (QED) is 0.580. The van der Waals surface area contributed by atoms with Crippen molar-refractivity contribution < 1.29 is 17.3 Å². The minimum atomic E-state index is -3.97. The Kier molecular flexibility index (Phi) is 3.73. The van der Waals surface area contributed by atoms with Crippen molar-refractivity contribution in [3.63, 3.8) is 0 Å². The Bertz CT molecular complexity index is 180. The van der Waals surface area contributed by atoms with Crippen molar-refractivity contribution in [2.24, 2.45) is 0 Å². The van der Waals surface area contributed by atoms with Gasteiger partial charge in [-0.3, -0.25) is 0 Å². The largest absolute Gasteiger partial charge is 0.250 e. The fourth-order valence-corrected chi connectivity index (χ4v) is 1.18. The van der Waals surface area contributed by atoms with Gasteiger partial charge in [-0.05, 0) is 11.5 Å². The molecule has 6 heteroatoms. The van der Waals surface area contributed by atoms with E-state index >= 15 is 0 Å². The zero-order valence-corrected chi connectivity index (χ0v) is 6.37. The van der Waals surface area contributed by atoms with E-state index in [4.69, 9.17) is 0 Å². The lowest BCUT2D eigenvalue weighted by Gasteiger charge is -2.06. The van der Waals surface area contributed by atoms with Gasteiger partial charge >= 0.3 is 0 Å². The second kappa shape index (κ2) is 3.82. The first-order valence-electron chi connectivity index (χ1n) is 2.76. The van der Waals surface area contributed by atoms with E-state index in [0.717, 1.165) is 0 Å². The molecule has 0 aliphatic rings. The zero-order valence-electron chi connectivity index (χ0n) is 5.55. The number of hydrogen-bond donors (Lipinski definition) is 0. The molecule has 0 amide bonds. The minimum absolute atomic E-state index is 0.275. The van der Waals surface area contributed by atoms with Crippen LogP contribution in [-0.4, -0.2) is 31.9 Å². The molecule has 0 radical (unpaired) electrons. The molecule has 0 aliphatic carbocycles. The van der Waals surface area contributed by atoms with Crippen LogP contribution in [0.2, 0.25) is 0 Å². The molecule has 0 spiro atoms. The van der Waals surface area contributed by atoms with E-state index in [1.54, 1.807) is 0 Å². The monoisotopic (exact) mass is 173 g/mol. The number of sulfonamides is 1. The van der Waals surface area contributed by atoms with E-state index in [2.05, 4.69) is 0 Å². The van der Waals surface area contributed by atoms with Crippen LogP contribution >= 0.6 is 0 Å². The lowest BCUT2D eigenvalue weighted by atomic mass is 10.8. The molecule has 0 aliphatic heterocycles. The third kappa shape index (κ3) is 2.57.